The molecule has 0 N–H and O–H groups in total. The van der Waals surface area contributed by atoms with Crippen LogP contribution in [0.15, 0.2) is 36.4 Å². The molecule has 2 aromatic carbocycles. The van der Waals surface area contributed by atoms with Crippen molar-refractivity contribution in [2.75, 3.05) is 0 Å². The second kappa shape index (κ2) is 3.48. The van der Waals surface area contributed by atoms with Crippen LogP contribution in [0, 0.1) is 6.92 Å². The summed E-state index contributed by atoms with van der Waals surface area (Å²) in [6.07, 6.45) is 2.26. The molecule has 0 bridgehead atoms. The van der Waals surface area contributed by atoms with Crippen LogP contribution in [0.5, 0.6) is 0 Å². The van der Waals surface area contributed by atoms with Gasteiger partial charge in [-0.25, -0.2) is 0 Å². The van der Waals surface area contributed by atoms with Crippen LogP contribution in [-0.2, 0) is 12.8 Å². The summed E-state index contributed by atoms with van der Waals surface area (Å²) in [4.78, 5) is 0. The summed E-state index contributed by atoms with van der Waals surface area (Å²) in [6, 6.07) is 13.4. The Morgan fingerprint density at radius 3 is 2.69 bits per heavy atom. The molecule has 1 aliphatic rings. The lowest BCUT2D eigenvalue weighted by molar-refractivity contribution is 1.08. The molecule has 0 aliphatic heterocycles. The van der Waals surface area contributed by atoms with Gasteiger partial charge in [-0.3, -0.25) is 0 Å². The molecule has 2 aromatic rings. The Bertz CT molecular complexity index is 550. The van der Waals surface area contributed by atoms with E-state index in [1.165, 1.54) is 27.8 Å². The van der Waals surface area contributed by atoms with E-state index in [4.69, 9.17) is 0 Å². The van der Waals surface area contributed by atoms with Crippen molar-refractivity contribution in [3.8, 4) is 11.1 Å². The first-order valence-corrected chi connectivity index (χ1v) is 6.01. The molecular formula is C16H16. The zero-order valence-corrected chi connectivity index (χ0v) is 9.88. The third kappa shape index (κ3) is 1.23. The number of benzene rings is 2. The van der Waals surface area contributed by atoms with Gasteiger partial charge in [-0.1, -0.05) is 43.3 Å². The molecule has 0 aromatic heterocycles. The lowest BCUT2D eigenvalue weighted by Gasteiger charge is -2.07. The lowest BCUT2D eigenvalue weighted by atomic mass is 9.98. The topological polar surface area (TPSA) is 0 Å². The predicted molar refractivity (Wildman–Crippen MR) is 68.8 cm³/mol. The number of hydrogen-bond donors (Lipinski definition) is 0. The van der Waals surface area contributed by atoms with E-state index in [-0.39, 0.29) is 0 Å². The van der Waals surface area contributed by atoms with E-state index in [0.717, 1.165) is 12.8 Å². The fourth-order valence-electron chi connectivity index (χ4n) is 2.86. The van der Waals surface area contributed by atoms with E-state index in [9.17, 15) is 0 Å². The summed E-state index contributed by atoms with van der Waals surface area (Å²) >= 11 is 0. The molecule has 0 heteroatoms. The molecule has 0 fully saturated rings. The highest BCUT2D eigenvalue weighted by Crippen LogP contribution is 2.40. The van der Waals surface area contributed by atoms with Crippen molar-refractivity contribution < 1.29 is 0 Å². The van der Waals surface area contributed by atoms with Crippen LogP contribution in [0.25, 0.3) is 11.1 Å². The molecule has 0 nitrogen and oxygen atoms in total. The highest BCUT2D eigenvalue weighted by molar-refractivity contribution is 5.80. The molecule has 0 unspecified atom stereocenters. The van der Waals surface area contributed by atoms with Gasteiger partial charge in [0, 0.05) is 0 Å². The average molecular weight is 208 g/mol. The molecule has 3 rings (SSSR count). The summed E-state index contributed by atoms with van der Waals surface area (Å²) in [6.45, 7) is 4.46. The smallest absolute Gasteiger partial charge is 0.00106 e. The average Bonchev–Trinajstić information content (AvgIpc) is 2.68. The van der Waals surface area contributed by atoms with E-state index < -0.39 is 0 Å². The molecule has 16 heavy (non-hydrogen) atoms. The van der Waals surface area contributed by atoms with Crippen molar-refractivity contribution in [2.45, 2.75) is 26.7 Å². The van der Waals surface area contributed by atoms with Crippen LogP contribution in [0.3, 0.4) is 0 Å². The SMILES string of the molecule is CCc1cccc2c1Cc1cccc(C)c1-2. The van der Waals surface area contributed by atoms with E-state index >= 15 is 0 Å². The van der Waals surface area contributed by atoms with Gasteiger partial charge in [-0.05, 0) is 53.1 Å². The van der Waals surface area contributed by atoms with Gasteiger partial charge in [-0.2, -0.15) is 0 Å². The van der Waals surface area contributed by atoms with E-state index in [1.54, 1.807) is 5.56 Å². The summed E-state index contributed by atoms with van der Waals surface area (Å²) in [7, 11) is 0. The predicted octanol–water partition coefficient (Wildman–Crippen LogP) is 4.13. The molecule has 0 saturated carbocycles. The lowest BCUT2D eigenvalue weighted by Crippen LogP contribution is -1.89. The number of rotatable bonds is 1. The zero-order chi connectivity index (χ0) is 11.1. The quantitative estimate of drug-likeness (QED) is 0.564. The second-order valence-electron chi connectivity index (χ2n) is 4.58. The van der Waals surface area contributed by atoms with Gasteiger partial charge in [0.1, 0.15) is 0 Å². The maximum Gasteiger partial charge on any atom is -0.00106 e. The van der Waals surface area contributed by atoms with Crippen LogP contribution in [-0.4, -0.2) is 0 Å². The Kier molecular flexibility index (Phi) is 2.10. The standard InChI is InChI=1S/C16H16/c1-3-12-7-5-9-14-15(12)10-13-8-4-6-11(2)16(13)14/h4-9H,3,10H2,1-2H3. The monoisotopic (exact) mass is 208 g/mol. The molecule has 0 spiro atoms. The minimum absolute atomic E-state index is 1.12. The van der Waals surface area contributed by atoms with Crippen molar-refractivity contribution in [2.24, 2.45) is 0 Å². The molecular weight excluding hydrogens is 192 g/mol. The molecule has 80 valence electrons. The van der Waals surface area contributed by atoms with Crippen LogP contribution >= 0.6 is 0 Å². The Morgan fingerprint density at radius 2 is 1.88 bits per heavy atom. The van der Waals surface area contributed by atoms with Crippen molar-refractivity contribution in [3.05, 3.63) is 58.7 Å². The fraction of sp³-hybridized carbons (Fsp3) is 0.250. The molecule has 0 amide bonds. The summed E-state index contributed by atoms with van der Waals surface area (Å²) < 4.78 is 0. The van der Waals surface area contributed by atoms with Crippen LogP contribution in [0.2, 0.25) is 0 Å². The highest BCUT2D eigenvalue weighted by atomic mass is 14.2. The summed E-state index contributed by atoms with van der Waals surface area (Å²) in [5.41, 5.74) is 8.91. The van der Waals surface area contributed by atoms with Crippen LogP contribution in [0.1, 0.15) is 29.2 Å². The van der Waals surface area contributed by atoms with E-state index in [2.05, 4.69) is 50.2 Å². The molecule has 0 radical (unpaired) electrons. The molecule has 0 heterocycles. The minimum atomic E-state index is 1.12. The highest BCUT2D eigenvalue weighted by Gasteiger charge is 2.21. The minimum Gasteiger partial charge on any atom is -0.0617 e. The van der Waals surface area contributed by atoms with Gasteiger partial charge in [0.25, 0.3) is 0 Å². The normalized spacial score (nSPS) is 12.4. The Hall–Kier alpha value is -1.56. The first-order valence-electron chi connectivity index (χ1n) is 6.01. The number of aryl methyl sites for hydroxylation is 2. The van der Waals surface area contributed by atoms with Gasteiger partial charge in [-0.15, -0.1) is 0 Å². The van der Waals surface area contributed by atoms with Gasteiger partial charge < -0.3 is 0 Å². The second-order valence-corrected chi connectivity index (χ2v) is 4.58. The number of fused-ring (bicyclic) bond motifs is 3. The van der Waals surface area contributed by atoms with Crippen LogP contribution < -0.4 is 0 Å². The largest absolute Gasteiger partial charge is 0.0617 e. The van der Waals surface area contributed by atoms with Gasteiger partial charge >= 0.3 is 0 Å². The number of hydrogen-bond acceptors (Lipinski definition) is 0. The van der Waals surface area contributed by atoms with Gasteiger partial charge in [0.05, 0.1) is 0 Å². The fourth-order valence-corrected chi connectivity index (χ4v) is 2.86. The first-order chi connectivity index (χ1) is 7.81. The summed E-state index contributed by atoms with van der Waals surface area (Å²) in [5.74, 6) is 0. The van der Waals surface area contributed by atoms with Crippen molar-refractivity contribution in [1.82, 2.24) is 0 Å². The van der Waals surface area contributed by atoms with Crippen LogP contribution in [0.4, 0.5) is 0 Å². The van der Waals surface area contributed by atoms with E-state index in [1.807, 2.05) is 0 Å². The Labute approximate surface area is 96.9 Å². The van der Waals surface area contributed by atoms with E-state index in [0.29, 0.717) is 0 Å². The maximum atomic E-state index is 2.27. The first kappa shape index (κ1) is 9.65. The molecule has 1 aliphatic carbocycles. The molecule has 0 atom stereocenters. The van der Waals surface area contributed by atoms with Crippen molar-refractivity contribution >= 4 is 0 Å². The van der Waals surface area contributed by atoms with Crippen molar-refractivity contribution in [3.63, 3.8) is 0 Å². The van der Waals surface area contributed by atoms with Gasteiger partial charge in [0.2, 0.25) is 0 Å². The Balaban J connectivity index is 2.30. The summed E-state index contributed by atoms with van der Waals surface area (Å²) in [5, 5.41) is 0. The van der Waals surface area contributed by atoms with Crippen molar-refractivity contribution in [1.29, 1.82) is 0 Å². The third-order valence-electron chi connectivity index (χ3n) is 3.65. The zero-order valence-electron chi connectivity index (χ0n) is 9.88. The third-order valence-corrected chi connectivity index (χ3v) is 3.65. The Morgan fingerprint density at radius 1 is 1.06 bits per heavy atom. The van der Waals surface area contributed by atoms with Gasteiger partial charge in [0.15, 0.2) is 0 Å². The molecule has 0 saturated heterocycles. The maximum absolute atomic E-state index is 2.27.